The van der Waals surface area contributed by atoms with Crippen molar-refractivity contribution in [2.75, 3.05) is 31.5 Å². The number of carbonyl (C=O) groups excluding carboxylic acids is 3. The van der Waals surface area contributed by atoms with Gasteiger partial charge in [-0.1, -0.05) is 76.6 Å². The molecule has 0 bridgehead atoms. The Balaban J connectivity index is 1.53. The van der Waals surface area contributed by atoms with E-state index in [0.29, 0.717) is 32.6 Å². The molecule has 0 radical (unpaired) electrons. The van der Waals surface area contributed by atoms with Gasteiger partial charge in [-0.25, -0.2) is 4.79 Å². The Morgan fingerprint density at radius 1 is 0.871 bits per heavy atom. The van der Waals surface area contributed by atoms with Crippen LogP contribution in [0.3, 0.4) is 0 Å². The van der Waals surface area contributed by atoms with E-state index in [4.69, 9.17) is 4.74 Å². The summed E-state index contributed by atoms with van der Waals surface area (Å²) in [5.41, 5.74) is 1.90. The molecule has 0 saturated carbocycles. The van der Waals surface area contributed by atoms with Gasteiger partial charge in [0.1, 0.15) is 12.6 Å². The summed E-state index contributed by atoms with van der Waals surface area (Å²) in [6.07, 6.45) is 0.0296. The molecule has 3 amide bonds. The first kappa shape index (κ1) is 22.8. The molecule has 164 valence electrons. The van der Waals surface area contributed by atoms with Crippen LogP contribution in [-0.4, -0.2) is 65.3 Å². The fourth-order valence-corrected chi connectivity index (χ4v) is 3.59. The van der Waals surface area contributed by atoms with Crippen LogP contribution in [0.4, 0.5) is 4.79 Å². The maximum absolute atomic E-state index is 13.1. The highest BCUT2D eigenvalue weighted by atomic mass is 79.9. The molecule has 1 N–H and O–H groups in total. The van der Waals surface area contributed by atoms with Crippen molar-refractivity contribution in [1.29, 1.82) is 0 Å². The highest BCUT2D eigenvalue weighted by Gasteiger charge is 2.30. The van der Waals surface area contributed by atoms with Gasteiger partial charge in [-0.05, 0) is 11.1 Å². The van der Waals surface area contributed by atoms with Crippen LogP contribution < -0.4 is 5.32 Å². The van der Waals surface area contributed by atoms with Crippen LogP contribution in [0.25, 0.3) is 0 Å². The zero-order chi connectivity index (χ0) is 22.1. The Morgan fingerprint density at radius 3 is 2.00 bits per heavy atom. The maximum atomic E-state index is 13.1. The Hall–Kier alpha value is -2.87. The van der Waals surface area contributed by atoms with E-state index in [9.17, 15) is 14.4 Å². The number of rotatable bonds is 7. The third kappa shape index (κ3) is 6.82. The van der Waals surface area contributed by atoms with Crippen LogP contribution in [0, 0.1) is 0 Å². The Labute approximate surface area is 190 Å². The average molecular weight is 488 g/mol. The lowest BCUT2D eigenvalue weighted by atomic mass is 10.0. The number of benzene rings is 2. The normalized spacial score (nSPS) is 14.6. The van der Waals surface area contributed by atoms with Crippen molar-refractivity contribution in [3.63, 3.8) is 0 Å². The number of alkyl halides is 1. The van der Waals surface area contributed by atoms with Gasteiger partial charge in [-0.3, -0.25) is 9.59 Å². The van der Waals surface area contributed by atoms with Crippen LogP contribution in [0.1, 0.15) is 11.1 Å². The van der Waals surface area contributed by atoms with Crippen LogP contribution in [0.5, 0.6) is 0 Å². The number of amides is 3. The standard InChI is InChI=1S/C23H26BrN3O4/c24-16-21(28)25-20(15-18-7-3-1-4-8-18)22(29)26-11-13-27(14-12-26)23(30)31-17-19-9-5-2-6-10-19/h1-10,20H,11-17H2,(H,25,28)/t20-/m1/s1. The number of nitrogens with zero attached hydrogens (tertiary/aromatic N) is 2. The number of nitrogens with one attached hydrogen (secondary N) is 1. The second-order valence-corrected chi connectivity index (χ2v) is 7.86. The summed E-state index contributed by atoms with van der Waals surface area (Å²) in [6.45, 7) is 1.80. The lowest BCUT2D eigenvalue weighted by molar-refractivity contribution is -0.137. The van der Waals surface area contributed by atoms with Crippen LogP contribution in [0.2, 0.25) is 0 Å². The first-order valence-corrected chi connectivity index (χ1v) is 11.3. The van der Waals surface area contributed by atoms with Gasteiger partial charge < -0.3 is 19.9 Å². The molecule has 1 fully saturated rings. The number of hydrogen-bond donors (Lipinski definition) is 1. The molecule has 2 aromatic rings. The Morgan fingerprint density at radius 2 is 1.42 bits per heavy atom. The molecule has 1 saturated heterocycles. The molecule has 1 aliphatic heterocycles. The monoisotopic (exact) mass is 487 g/mol. The average Bonchev–Trinajstić information content (AvgIpc) is 2.83. The molecular formula is C23H26BrN3O4. The predicted octanol–water partition coefficient (Wildman–Crippen LogP) is 2.59. The fourth-order valence-electron chi connectivity index (χ4n) is 3.42. The minimum absolute atomic E-state index is 0.132. The van der Waals surface area contributed by atoms with Gasteiger partial charge in [0.05, 0.1) is 5.33 Å². The van der Waals surface area contributed by atoms with E-state index in [1.54, 1.807) is 9.80 Å². The third-order valence-corrected chi connectivity index (χ3v) is 5.60. The van der Waals surface area contributed by atoms with Gasteiger partial charge in [0.2, 0.25) is 11.8 Å². The fraction of sp³-hybridized carbons (Fsp3) is 0.348. The second-order valence-electron chi connectivity index (χ2n) is 7.30. The van der Waals surface area contributed by atoms with Crippen molar-refractivity contribution in [1.82, 2.24) is 15.1 Å². The number of halogens is 1. The lowest BCUT2D eigenvalue weighted by Gasteiger charge is -2.36. The molecule has 2 aromatic carbocycles. The van der Waals surface area contributed by atoms with Crippen LogP contribution >= 0.6 is 15.9 Å². The quantitative estimate of drug-likeness (QED) is 0.608. The molecular weight excluding hydrogens is 462 g/mol. The maximum Gasteiger partial charge on any atom is 0.410 e. The molecule has 3 rings (SSSR count). The van der Waals surface area contributed by atoms with E-state index >= 15 is 0 Å². The Bertz CT molecular complexity index is 871. The molecule has 31 heavy (non-hydrogen) atoms. The van der Waals surface area contributed by atoms with Gasteiger partial charge in [0, 0.05) is 32.6 Å². The molecule has 7 nitrogen and oxygen atoms in total. The van der Waals surface area contributed by atoms with E-state index in [0.717, 1.165) is 11.1 Å². The number of piperazine rings is 1. The summed E-state index contributed by atoms with van der Waals surface area (Å²) in [4.78, 5) is 40.7. The van der Waals surface area contributed by atoms with Crippen molar-refractivity contribution in [3.05, 3.63) is 71.8 Å². The van der Waals surface area contributed by atoms with E-state index in [2.05, 4.69) is 21.2 Å². The molecule has 1 aliphatic rings. The molecule has 1 heterocycles. The minimum atomic E-state index is -0.649. The predicted molar refractivity (Wildman–Crippen MR) is 121 cm³/mol. The zero-order valence-corrected chi connectivity index (χ0v) is 18.8. The highest BCUT2D eigenvalue weighted by Crippen LogP contribution is 2.11. The van der Waals surface area contributed by atoms with Crippen LogP contribution in [0.15, 0.2) is 60.7 Å². The van der Waals surface area contributed by atoms with Gasteiger partial charge in [-0.2, -0.15) is 0 Å². The zero-order valence-electron chi connectivity index (χ0n) is 17.2. The number of ether oxygens (including phenoxy) is 1. The van der Waals surface area contributed by atoms with Crippen molar-refractivity contribution in [2.24, 2.45) is 0 Å². The van der Waals surface area contributed by atoms with Gasteiger partial charge >= 0.3 is 6.09 Å². The van der Waals surface area contributed by atoms with Gasteiger partial charge in [0.25, 0.3) is 0 Å². The van der Waals surface area contributed by atoms with Crippen molar-refractivity contribution < 1.29 is 19.1 Å². The van der Waals surface area contributed by atoms with Gasteiger partial charge in [-0.15, -0.1) is 0 Å². The summed E-state index contributed by atoms with van der Waals surface area (Å²) < 4.78 is 5.38. The highest BCUT2D eigenvalue weighted by molar-refractivity contribution is 9.09. The summed E-state index contributed by atoms with van der Waals surface area (Å²) in [5, 5.41) is 2.93. The Kier molecular flexibility index (Phi) is 8.46. The number of hydrogen-bond acceptors (Lipinski definition) is 4. The van der Waals surface area contributed by atoms with E-state index in [1.165, 1.54) is 0 Å². The minimum Gasteiger partial charge on any atom is -0.445 e. The molecule has 0 unspecified atom stereocenters. The summed E-state index contributed by atoms with van der Waals surface area (Å²) >= 11 is 3.13. The van der Waals surface area contributed by atoms with Crippen molar-refractivity contribution >= 4 is 33.8 Å². The first-order valence-electron chi connectivity index (χ1n) is 10.2. The van der Waals surface area contributed by atoms with E-state index in [-0.39, 0.29) is 29.8 Å². The van der Waals surface area contributed by atoms with Gasteiger partial charge in [0.15, 0.2) is 0 Å². The molecule has 1 atom stereocenters. The SMILES string of the molecule is O=C(CBr)N[C@H](Cc1ccccc1)C(=O)N1CCN(C(=O)OCc2ccccc2)CC1. The van der Waals surface area contributed by atoms with Crippen molar-refractivity contribution in [2.45, 2.75) is 19.1 Å². The van der Waals surface area contributed by atoms with E-state index in [1.807, 2.05) is 60.7 Å². The third-order valence-electron chi connectivity index (χ3n) is 5.09. The largest absolute Gasteiger partial charge is 0.445 e. The second kappa shape index (κ2) is 11.5. The lowest BCUT2D eigenvalue weighted by Crippen LogP contribution is -2.56. The number of carbonyl (C=O) groups is 3. The summed E-state index contributed by atoms with van der Waals surface area (Å²) in [5.74, 6) is -0.382. The van der Waals surface area contributed by atoms with E-state index < -0.39 is 6.04 Å². The molecule has 0 aromatic heterocycles. The topological polar surface area (TPSA) is 79.0 Å². The summed E-state index contributed by atoms with van der Waals surface area (Å²) in [7, 11) is 0. The summed E-state index contributed by atoms with van der Waals surface area (Å²) in [6, 6.07) is 18.4. The first-order chi connectivity index (χ1) is 15.1. The van der Waals surface area contributed by atoms with Crippen LogP contribution in [-0.2, 0) is 27.4 Å². The van der Waals surface area contributed by atoms with Crippen molar-refractivity contribution in [3.8, 4) is 0 Å². The molecule has 0 spiro atoms. The smallest absolute Gasteiger partial charge is 0.410 e. The molecule has 0 aliphatic carbocycles. The molecule has 8 heteroatoms.